The van der Waals surface area contributed by atoms with Gasteiger partial charge in [-0.15, -0.1) is 0 Å². The highest BCUT2D eigenvalue weighted by Gasteiger charge is 2.45. The Morgan fingerprint density at radius 2 is 1.70 bits per heavy atom. The second-order valence-corrected chi connectivity index (χ2v) is 8.63. The van der Waals surface area contributed by atoms with Gasteiger partial charge in [0.1, 0.15) is 12.2 Å². The van der Waals surface area contributed by atoms with Gasteiger partial charge in [-0.1, -0.05) is 44.1 Å². The van der Waals surface area contributed by atoms with Crippen LogP contribution in [0.15, 0.2) is 24.3 Å². The predicted octanol–water partition coefficient (Wildman–Crippen LogP) is 4.66. The normalized spacial score (nSPS) is 23.7. The first-order chi connectivity index (χ1) is 15.8. The Labute approximate surface area is 198 Å². The van der Waals surface area contributed by atoms with Gasteiger partial charge in [0.2, 0.25) is 0 Å². The first-order valence-electron chi connectivity index (χ1n) is 12.3. The molecule has 0 aliphatic heterocycles. The fourth-order valence-corrected chi connectivity index (χ4v) is 4.33. The molecule has 5 atom stereocenters. The summed E-state index contributed by atoms with van der Waals surface area (Å²) < 4.78 is 16.1. The molecule has 0 radical (unpaired) electrons. The van der Waals surface area contributed by atoms with Crippen molar-refractivity contribution in [3.05, 3.63) is 24.3 Å². The summed E-state index contributed by atoms with van der Waals surface area (Å²) in [6.07, 6.45) is 13.1. The zero-order chi connectivity index (χ0) is 24.6. The smallest absolute Gasteiger partial charge is 0.305 e. The lowest BCUT2D eigenvalue weighted by Crippen LogP contribution is -2.26. The summed E-state index contributed by atoms with van der Waals surface area (Å²) in [5, 5.41) is 10.4. The van der Waals surface area contributed by atoms with Crippen molar-refractivity contribution in [1.29, 1.82) is 0 Å². The van der Waals surface area contributed by atoms with Crippen LogP contribution in [0.1, 0.15) is 85.5 Å². The number of allylic oxidation sites excluding steroid dienone is 1. The van der Waals surface area contributed by atoms with Crippen molar-refractivity contribution in [2.75, 3.05) is 6.61 Å². The summed E-state index contributed by atoms with van der Waals surface area (Å²) in [4.78, 5) is 35.1. The highest BCUT2D eigenvalue weighted by atomic mass is 16.6. The molecule has 1 N–H and O–H groups in total. The highest BCUT2D eigenvalue weighted by molar-refractivity contribution is 5.69. The quantitative estimate of drug-likeness (QED) is 0.162. The van der Waals surface area contributed by atoms with E-state index in [1.807, 2.05) is 12.2 Å². The van der Waals surface area contributed by atoms with E-state index in [1.54, 1.807) is 13.0 Å². The first kappa shape index (κ1) is 28.9. The van der Waals surface area contributed by atoms with Gasteiger partial charge in [0.25, 0.3) is 0 Å². The molecule has 0 aromatic rings. The van der Waals surface area contributed by atoms with E-state index < -0.39 is 30.3 Å². The lowest BCUT2D eigenvalue weighted by molar-refractivity contribution is -0.150. The average molecular weight is 467 g/mol. The number of hydrogen-bond acceptors (Lipinski definition) is 7. The number of carbonyl (C=O) groups excluding carboxylic acids is 3. The molecule has 0 heterocycles. The van der Waals surface area contributed by atoms with Crippen LogP contribution in [0.25, 0.3) is 0 Å². The van der Waals surface area contributed by atoms with E-state index in [4.69, 9.17) is 14.2 Å². The molecule has 1 aliphatic carbocycles. The van der Waals surface area contributed by atoms with Gasteiger partial charge < -0.3 is 19.3 Å². The highest BCUT2D eigenvalue weighted by Crippen LogP contribution is 2.40. The van der Waals surface area contributed by atoms with Gasteiger partial charge in [-0.05, 0) is 39.0 Å². The molecule has 33 heavy (non-hydrogen) atoms. The number of aliphatic hydroxyl groups is 1. The minimum atomic E-state index is -0.654. The van der Waals surface area contributed by atoms with E-state index in [0.717, 1.165) is 12.8 Å². The van der Waals surface area contributed by atoms with Crippen LogP contribution in [0.4, 0.5) is 0 Å². The summed E-state index contributed by atoms with van der Waals surface area (Å²) in [5.41, 5.74) is 0. The maximum absolute atomic E-state index is 11.7. The minimum absolute atomic E-state index is 0.124. The molecular formula is C26H42O7. The van der Waals surface area contributed by atoms with E-state index in [-0.39, 0.29) is 24.2 Å². The van der Waals surface area contributed by atoms with Gasteiger partial charge in [0, 0.05) is 38.5 Å². The first-order valence-corrected chi connectivity index (χ1v) is 12.3. The Balaban J connectivity index is 2.85. The second-order valence-electron chi connectivity index (χ2n) is 8.63. The van der Waals surface area contributed by atoms with E-state index in [2.05, 4.69) is 13.0 Å². The fraction of sp³-hybridized carbons (Fsp3) is 0.731. The predicted molar refractivity (Wildman–Crippen MR) is 126 cm³/mol. The van der Waals surface area contributed by atoms with Crippen molar-refractivity contribution in [2.24, 2.45) is 11.8 Å². The number of hydrogen-bond donors (Lipinski definition) is 1. The molecule has 0 unspecified atom stereocenters. The van der Waals surface area contributed by atoms with Gasteiger partial charge in [-0.25, -0.2) is 0 Å². The van der Waals surface area contributed by atoms with Crippen LogP contribution < -0.4 is 0 Å². The molecule has 1 aliphatic rings. The maximum atomic E-state index is 11.7. The molecule has 0 bridgehead atoms. The Hall–Kier alpha value is -2.15. The lowest BCUT2D eigenvalue weighted by Gasteiger charge is -2.24. The lowest BCUT2D eigenvalue weighted by atomic mass is 9.88. The molecule has 1 fully saturated rings. The van der Waals surface area contributed by atoms with Crippen LogP contribution in [0.2, 0.25) is 0 Å². The molecule has 1 rings (SSSR count). The van der Waals surface area contributed by atoms with Gasteiger partial charge in [-0.2, -0.15) is 0 Å². The fourth-order valence-electron chi connectivity index (χ4n) is 4.33. The van der Waals surface area contributed by atoms with Crippen molar-refractivity contribution < 1.29 is 33.7 Å². The van der Waals surface area contributed by atoms with Gasteiger partial charge >= 0.3 is 17.9 Å². The molecule has 1 saturated carbocycles. The van der Waals surface area contributed by atoms with Gasteiger partial charge in [-0.3, -0.25) is 14.4 Å². The Morgan fingerprint density at radius 1 is 1.00 bits per heavy atom. The number of unbranched alkanes of at least 4 members (excludes halogenated alkanes) is 3. The zero-order valence-electron chi connectivity index (χ0n) is 20.7. The molecule has 188 valence electrons. The molecule has 0 aromatic heterocycles. The minimum Gasteiger partial charge on any atom is -0.466 e. The van der Waals surface area contributed by atoms with Gasteiger partial charge in [0.05, 0.1) is 12.7 Å². The summed E-state index contributed by atoms with van der Waals surface area (Å²) >= 11 is 0. The van der Waals surface area contributed by atoms with Gasteiger partial charge in [0.15, 0.2) is 0 Å². The molecule has 0 saturated heterocycles. The number of rotatable bonds is 15. The van der Waals surface area contributed by atoms with E-state index in [1.165, 1.54) is 26.7 Å². The topological polar surface area (TPSA) is 99.1 Å². The van der Waals surface area contributed by atoms with Crippen LogP contribution in [0, 0.1) is 11.8 Å². The molecular weight excluding hydrogens is 424 g/mol. The van der Waals surface area contributed by atoms with Crippen LogP contribution >= 0.6 is 0 Å². The Morgan fingerprint density at radius 3 is 2.33 bits per heavy atom. The third kappa shape index (κ3) is 12.0. The Kier molecular flexibility index (Phi) is 14.4. The summed E-state index contributed by atoms with van der Waals surface area (Å²) in [7, 11) is 0. The third-order valence-electron chi connectivity index (χ3n) is 5.80. The van der Waals surface area contributed by atoms with Crippen LogP contribution in [0.5, 0.6) is 0 Å². The van der Waals surface area contributed by atoms with Crippen LogP contribution in [-0.2, 0) is 28.6 Å². The standard InChI is InChI=1S/C26H42O7/c1-5-7-8-9-10-11-13-21(29)16-17-23-22(14-12-15-26(30)31-6-2)24(32-19(3)27)18-25(23)33-20(4)28/h10-11,16-17,21-25,29H,5-9,12-15,18H2,1-4H3/b11-10-,17-16+/t21-,22+,23-,24+,25-/m1/s1. The zero-order valence-corrected chi connectivity index (χ0v) is 20.7. The van der Waals surface area contributed by atoms with E-state index in [0.29, 0.717) is 32.3 Å². The Bertz CT molecular complexity index is 655. The third-order valence-corrected chi connectivity index (χ3v) is 5.80. The molecule has 0 aromatic carbocycles. The number of ether oxygens (including phenoxy) is 3. The van der Waals surface area contributed by atoms with Crippen molar-refractivity contribution in [3.63, 3.8) is 0 Å². The second kappa shape index (κ2) is 16.5. The van der Waals surface area contributed by atoms with Crippen molar-refractivity contribution in [1.82, 2.24) is 0 Å². The largest absolute Gasteiger partial charge is 0.466 e. The molecule has 0 spiro atoms. The maximum Gasteiger partial charge on any atom is 0.305 e. The molecule has 0 amide bonds. The van der Waals surface area contributed by atoms with Crippen molar-refractivity contribution >= 4 is 17.9 Å². The van der Waals surface area contributed by atoms with Crippen molar-refractivity contribution in [3.8, 4) is 0 Å². The number of esters is 3. The molecule has 7 heteroatoms. The SMILES string of the molecule is CCCCC/C=C\C[C@@H](O)/C=C/[C@@H]1[C@H](CCCC(=O)OCC)[C@@H](OC(C)=O)C[C@H]1OC(C)=O. The average Bonchev–Trinajstić information content (AvgIpc) is 3.03. The number of aliphatic hydroxyl groups excluding tert-OH is 1. The van der Waals surface area contributed by atoms with Crippen molar-refractivity contribution in [2.45, 2.75) is 104 Å². The number of carbonyl (C=O) groups is 3. The van der Waals surface area contributed by atoms with Crippen LogP contribution in [-0.4, -0.2) is 47.9 Å². The monoisotopic (exact) mass is 466 g/mol. The van der Waals surface area contributed by atoms with Crippen LogP contribution in [0.3, 0.4) is 0 Å². The summed E-state index contributed by atoms with van der Waals surface area (Å²) in [6.45, 7) is 6.98. The van der Waals surface area contributed by atoms with E-state index in [9.17, 15) is 19.5 Å². The summed E-state index contributed by atoms with van der Waals surface area (Å²) in [6, 6.07) is 0. The molecule has 7 nitrogen and oxygen atoms in total. The summed E-state index contributed by atoms with van der Waals surface area (Å²) in [5.74, 6) is -1.40. The van der Waals surface area contributed by atoms with E-state index >= 15 is 0 Å².